The lowest BCUT2D eigenvalue weighted by Crippen LogP contribution is -2.45. The minimum atomic E-state index is -0.513. The Morgan fingerprint density at radius 2 is 2.33 bits per heavy atom. The van der Waals surface area contributed by atoms with Crippen molar-refractivity contribution < 1.29 is 9.90 Å². The van der Waals surface area contributed by atoms with Crippen LogP contribution in [-0.4, -0.2) is 28.5 Å². The van der Waals surface area contributed by atoms with Gasteiger partial charge in [-0.2, -0.15) is 0 Å². The highest BCUT2D eigenvalue weighted by Gasteiger charge is 2.24. The number of nitrogens with two attached hydrogens (primary N) is 1. The highest BCUT2D eigenvalue weighted by molar-refractivity contribution is 5.82. The number of hydrogen-bond donors (Lipinski definition) is 2. The first-order valence-electron chi connectivity index (χ1n) is 6.08. The minimum Gasteiger partial charge on any atom is -0.508 e. The van der Waals surface area contributed by atoms with Gasteiger partial charge in [-0.15, -0.1) is 6.58 Å². The number of amides is 1. The van der Waals surface area contributed by atoms with Gasteiger partial charge in [-0.3, -0.25) is 4.79 Å². The summed E-state index contributed by atoms with van der Waals surface area (Å²) in [6.07, 6.45) is 2.96. The molecule has 0 saturated heterocycles. The third-order valence-corrected chi connectivity index (χ3v) is 3.25. The van der Waals surface area contributed by atoms with Gasteiger partial charge in [0.1, 0.15) is 5.75 Å². The first-order chi connectivity index (χ1) is 8.61. The van der Waals surface area contributed by atoms with Gasteiger partial charge in [-0.1, -0.05) is 12.1 Å². The van der Waals surface area contributed by atoms with E-state index >= 15 is 0 Å². The minimum absolute atomic E-state index is 0.0520. The number of phenols is 1. The summed E-state index contributed by atoms with van der Waals surface area (Å²) in [5.74, 6) is 0.183. The van der Waals surface area contributed by atoms with Crippen molar-refractivity contribution in [1.29, 1.82) is 0 Å². The molecule has 1 atom stereocenters. The molecule has 0 saturated carbocycles. The molecule has 3 N–H and O–H groups in total. The number of hydrogen-bond acceptors (Lipinski definition) is 3. The third kappa shape index (κ3) is 2.54. The summed E-state index contributed by atoms with van der Waals surface area (Å²) in [4.78, 5) is 13.8. The van der Waals surface area contributed by atoms with Crippen molar-refractivity contribution in [3.63, 3.8) is 0 Å². The van der Waals surface area contributed by atoms with Gasteiger partial charge in [0.2, 0.25) is 5.91 Å². The van der Waals surface area contributed by atoms with Crippen LogP contribution in [0.4, 0.5) is 0 Å². The van der Waals surface area contributed by atoms with Crippen molar-refractivity contribution in [2.45, 2.75) is 25.4 Å². The van der Waals surface area contributed by atoms with E-state index in [9.17, 15) is 9.90 Å². The fourth-order valence-corrected chi connectivity index (χ4v) is 2.25. The van der Waals surface area contributed by atoms with Gasteiger partial charge in [-0.25, -0.2) is 0 Å². The zero-order valence-electron chi connectivity index (χ0n) is 10.3. The quantitative estimate of drug-likeness (QED) is 0.787. The molecule has 1 aliphatic heterocycles. The molecule has 1 aliphatic rings. The van der Waals surface area contributed by atoms with E-state index in [2.05, 4.69) is 6.58 Å². The predicted octanol–water partition coefficient (Wildman–Crippen LogP) is 1.18. The molecule has 0 aliphatic carbocycles. The monoisotopic (exact) mass is 246 g/mol. The molecule has 0 spiro atoms. The van der Waals surface area contributed by atoms with Crippen LogP contribution in [0.15, 0.2) is 30.9 Å². The van der Waals surface area contributed by atoms with Crippen molar-refractivity contribution in [1.82, 2.24) is 4.90 Å². The molecule has 1 unspecified atom stereocenters. The Balaban J connectivity index is 2.11. The summed E-state index contributed by atoms with van der Waals surface area (Å²) in [6.45, 7) is 4.80. The molecular formula is C14H18N2O2. The van der Waals surface area contributed by atoms with Gasteiger partial charge in [-0.05, 0) is 36.1 Å². The second kappa shape index (κ2) is 5.23. The molecule has 96 valence electrons. The number of rotatable bonds is 3. The zero-order valence-corrected chi connectivity index (χ0v) is 10.3. The molecule has 0 aromatic heterocycles. The Bertz CT molecular complexity index is 471. The normalized spacial score (nSPS) is 15.9. The molecule has 4 heteroatoms. The van der Waals surface area contributed by atoms with Crippen LogP contribution >= 0.6 is 0 Å². The molecule has 18 heavy (non-hydrogen) atoms. The first-order valence-corrected chi connectivity index (χ1v) is 6.08. The van der Waals surface area contributed by atoms with E-state index in [4.69, 9.17) is 5.73 Å². The number of phenolic OH excluding ortho intramolecular Hbond substituents is 1. The number of nitrogens with zero attached hydrogens (tertiary/aromatic N) is 1. The van der Waals surface area contributed by atoms with Crippen LogP contribution < -0.4 is 5.73 Å². The van der Waals surface area contributed by atoms with E-state index in [1.165, 1.54) is 5.56 Å². The summed E-state index contributed by atoms with van der Waals surface area (Å²) in [5, 5.41) is 9.47. The fourth-order valence-electron chi connectivity index (χ4n) is 2.25. The summed E-state index contributed by atoms with van der Waals surface area (Å²) >= 11 is 0. The molecule has 0 bridgehead atoms. The van der Waals surface area contributed by atoms with Gasteiger partial charge in [0.05, 0.1) is 6.04 Å². The van der Waals surface area contributed by atoms with Crippen molar-refractivity contribution in [2.75, 3.05) is 6.54 Å². The topological polar surface area (TPSA) is 66.6 Å². The van der Waals surface area contributed by atoms with Crippen LogP contribution in [0, 0.1) is 0 Å². The van der Waals surface area contributed by atoms with Crippen LogP contribution in [0.25, 0.3) is 0 Å². The first kappa shape index (κ1) is 12.6. The van der Waals surface area contributed by atoms with Crippen LogP contribution in [0.5, 0.6) is 5.75 Å². The molecule has 1 aromatic carbocycles. The SMILES string of the molecule is C=CCC(N)C(=O)N1CCc2ccc(O)cc2C1. The summed E-state index contributed by atoms with van der Waals surface area (Å²) in [6, 6.07) is 4.80. The second-order valence-corrected chi connectivity index (χ2v) is 4.59. The van der Waals surface area contributed by atoms with E-state index in [1.54, 1.807) is 23.1 Å². The maximum absolute atomic E-state index is 12.1. The smallest absolute Gasteiger partial charge is 0.240 e. The lowest BCUT2D eigenvalue weighted by atomic mass is 9.98. The largest absolute Gasteiger partial charge is 0.508 e. The lowest BCUT2D eigenvalue weighted by molar-refractivity contribution is -0.133. The number of carbonyl (C=O) groups excluding carboxylic acids is 1. The Morgan fingerprint density at radius 3 is 3.06 bits per heavy atom. The summed E-state index contributed by atoms with van der Waals surface area (Å²) in [5.41, 5.74) is 7.99. The maximum atomic E-state index is 12.1. The van der Waals surface area contributed by atoms with Crippen molar-refractivity contribution in [2.24, 2.45) is 5.73 Å². The van der Waals surface area contributed by atoms with Gasteiger partial charge in [0, 0.05) is 13.1 Å². The zero-order chi connectivity index (χ0) is 13.1. The van der Waals surface area contributed by atoms with E-state index in [0.29, 0.717) is 19.5 Å². The summed E-state index contributed by atoms with van der Waals surface area (Å²) in [7, 11) is 0. The van der Waals surface area contributed by atoms with Gasteiger partial charge in [0.25, 0.3) is 0 Å². The molecule has 1 amide bonds. The molecule has 1 aromatic rings. The highest BCUT2D eigenvalue weighted by atomic mass is 16.3. The van der Waals surface area contributed by atoms with Crippen molar-refractivity contribution in [3.05, 3.63) is 42.0 Å². The van der Waals surface area contributed by atoms with Gasteiger partial charge < -0.3 is 15.7 Å². The van der Waals surface area contributed by atoms with Crippen LogP contribution in [-0.2, 0) is 17.8 Å². The molecular weight excluding hydrogens is 228 g/mol. The Kier molecular flexibility index (Phi) is 3.67. The molecule has 2 rings (SSSR count). The van der Waals surface area contributed by atoms with Gasteiger partial charge >= 0.3 is 0 Å². The number of carbonyl (C=O) groups is 1. The van der Waals surface area contributed by atoms with E-state index in [0.717, 1.165) is 12.0 Å². The molecule has 0 radical (unpaired) electrons. The van der Waals surface area contributed by atoms with Crippen LogP contribution in [0.3, 0.4) is 0 Å². The predicted molar refractivity (Wildman–Crippen MR) is 70.0 cm³/mol. The molecule has 4 nitrogen and oxygen atoms in total. The number of fused-ring (bicyclic) bond motifs is 1. The van der Waals surface area contributed by atoms with E-state index in [1.807, 2.05) is 6.07 Å². The number of benzene rings is 1. The van der Waals surface area contributed by atoms with E-state index in [-0.39, 0.29) is 11.7 Å². The number of aromatic hydroxyl groups is 1. The van der Waals surface area contributed by atoms with Crippen molar-refractivity contribution >= 4 is 5.91 Å². The second-order valence-electron chi connectivity index (χ2n) is 4.59. The van der Waals surface area contributed by atoms with Crippen LogP contribution in [0.1, 0.15) is 17.5 Å². The Morgan fingerprint density at radius 1 is 1.56 bits per heavy atom. The molecule has 0 fully saturated rings. The fraction of sp³-hybridized carbons (Fsp3) is 0.357. The summed E-state index contributed by atoms with van der Waals surface area (Å²) < 4.78 is 0. The van der Waals surface area contributed by atoms with Crippen LogP contribution in [0.2, 0.25) is 0 Å². The van der Waals surface area contributed by atoms with E-state index < -0.39 is 6.04 Å². The Labute approximate surface area is 107 Å². The van der Waals surface area contributed by atoms with Gasteiger partial charge in [0.15, 0.2) is 0 Å². The lowest BCUT2D eigenvalue weighted by Gasteiger charge is -2.30. The standard InChI is InChI=1S/C14H18N2O2/c1-2-3-13(15)14(18)16-7-6-10-4-5-12(17)8-11(10)9-16/h2,4-5,8,13,17H,1,3,6-7,9,15H2. The molecule has 1 heterocycles. The average molecular weight is 246 g/mol. The highest BCUT2D eigenvalue weighted by Crippen LogP contribution is 2.23. The third-order valence-electron chi connectivity index (χ3n) is 3.25. The Hall–Kier alpha value is -1.81. The average Bonchev–Trinajstić information content (AvgIpc) is 2.37. The maximum Gasteiger partial charge on any atom is 0.240 e. The van der Waals surface area contributed by atoms with Crippen molar-refractivity contribution in [3.8, 4) is 5.75 Å².